The largest absolute Gasteiger partial charge is 0.382 e. The molecular formula is C25H23N7O4S. The summed E-state index contributed by atoms with van der Waals surface area (Å²) in [5.74, 6) is -0.677. The third-order valence-corrected chi connectivity index (χ3v) is 7.72. The Hall–Kier alpha value is -4.13. The predicted octanol–water partition coefficient (Wildman–Crippen LogP) is 2.68. The first kappa shape index (κ1) is 23.3. The minimum atomic E-state index is -4.36. The van der Waals surface area contributed by atoms with Crippen molar-refractivity contribution < 1.29 is 17.8 Å². The van der Waals surface area contributed by atoms with Crippen LogP contribution in [-0.2, 0) is 16.8 Å². The van der Waals surface area contributed by atoms with Crippen LogP contribution in [0.5, 0.6) is 0 Å². The van der Waals surface area contributed by atoms with Gasteiger partial charge in [0.05, 0.1) is 12.1 Å². The molecule has 1 saturated heterocycles. The van der Waals surface area contributed by atoms with E-state index in [2.05, 4.69) is 10.1 Å². The van der Waals surface area contributed by atoms with Gasteiger partial charge in [-0.1, -0.05) is 42.5 Å². The molecule has 5 aromatic rings. The Morgan fingerprint density at radius 3 is 2.70 bits per heavy atom. The summed E-state index contributed by atoms with van der Waals surface area (Å²) in [6.07, 6.45) is 3.56. The van der Waals surface area contributed by atoms with E-state index in [4.69, 9.17) is 10.8 Å². The molecule has 188 valence electrons. The zero-order valence-corrected chi connectivity index (χ0v) is 20.4. The van der Waals surface area contributed by atoms with Crippen LogP contribution in [0.3, 0.4) is 0 Å². The van der Waals surface area contributed by atoms with Crippen LogP contribution < -0.4 is 5.73 Å². The van der Waals surface area contributed by atoms with Gasteiger partial charge < -0.3 is 5.73 Å². The number of nitrogens with zero attached hydrogens (tertiary/aromatic N) is 6. The van der Waals surface area contributed by atoms with Crippen molar-refractivity contribution in [3.05, 3.63) is 78.4 Å². The lowest BCUT2D eigenvalue weighted by Crippen LogP contribution is -2.29. The normalized spacial score (nSPS) is 16.6. The summed E-state index contributed by atoms with van der Waals surface area (Å²) in [5.41, 5.74) is 10.4. The monoisotopic (exact) mass is 517 g/mol. The van der Waals surface area contributed by atoms with Gasteiger partial charge in [0.25, 0.3) is 0 Å². The first-order valence-corrected chi connectivity index (χ1v) is 13.1. The number of Topliss-reactive ketones (excluding diaryl/α,β-unsaturated/α-hetero) is 1. The number of aromatic nitrogens is 5. The number of hydrogen-bond acceptors (Lipinski definition) is 7. The molecule has 0 aliphatic carbocycles. The molecule has 1 unspecified atom stereocenters. The fourth-order valence-electron chi connectivity index (χ4n) is 4.91. The molecule has 0 spiro atoms. The summed E-state index contributed by atoms with van der Waals surface area (Å²) >= 11 is 0. The van der Waals surface area contributed by atoms with Crippen LogP contribution >= 0.6 is 0 Å². The first-order valence-electron chi connectivity index (χ1n) is 11.7. The van der Waals surface area contributed by atoms with Gasteiger partial charge in [-0.15, -0.1) is 0 Å². The lowest BCUT2D eigenvalue weighted by atomic mass is 10.00. The molecule has 12 heteroatoms. The number of carbonyl (C=O) groups excluding carboxylic acids is 1. The Morgan fingerprint density at radius 2 is 1.95 bits per heavy atom. The maximum atomic E-state index is 13.4. The predicted molar refractivity (Wildman–Crippen MR) is 137 cm³/mol. The average molecular weight is 518 g/mol. The molecule has 3 N–H and O–H groups in total. The van der Waals surface area contributed by atoms with Gasteiger partial charge in [-0.25, -0.2) is 9.50 Å². The summed E-state index contributed by atoms with van der Waals surface area (Å²) in [6, 6.07) is 17.6. The summed E-state index contributed by atoms with van der Waals surface area (Å²) < 4.78 is 36.6. The van der Waals surface area contributed by atoms with Crippen LogP contribution in [0.2, 0.25) is 0 Å². The number of hydrogen-bond donors (Lipinski definition) is 2. The Kier molecular flexibility index (Phi) is 5.51. The lowest BCUT2D eigenvalue weighted by Gasteiger charge is -2.11. The molecule has 0 saturated carbocycles. The standard InChI is InChI=1S/C25H23N7O4S/c26-25-23-20(17-6-7-18-13-30(29-21(18)10-17)12-16-4-2-1-3-5-16)11-22(32(23)28-15-27-25)24(33)19-8-9-31(14-19)37(34,35)36/h1-7,10-11,13,15,19H,8-9,12,14H2,(H2,26,27,28)(H,34,35,36). The zero-order valence-electron chi connectivity index (χ0n) is 19.6. The molecule has 6 rings (SSSR count). The van der Waals surface area contributed by atoms with Crippen molar-refractivity contribution in [3.63, 3.8) is 0 Å². The van der Waals surface area contributed by atoms with E-state index >= 15 is 0 Å². The smallest absolute Gasteiger partial charge is 0.335 e. The van der Waals surface area contributed by atoms with E-state index in [-0.39, 0.29) is 30.4 Å². The number of anilines is 1. The van der Waals surface area contributed by atoms with Gasteiger partial charge in [0.2, 0.25) is 0 Å². The quantitative estimate of drug-likeness (QED) is 0.258. The van der Waals surface area contributed by atoms with Crippen molar-refractivity contribution in [2.45, 2.75) is 13.0 Å². The van der Waals surface area contributed by atoms with E-state index in [9.17, 15) is 17.8 Å². The van der Waals surface area contributed by atoms with Gasteiger partial charge in [0, 0.05) is 36.2 Å². The number of ketones is 1. The molecule has 1 aliphatic heterocycles. The van der Waals surface area contributed by atoms with Gasteiger partial charge in [0.15, 0.2) is 11.6 Å². The zero-order chi connectivity index (χ0) is 25.7. The van der Waals surface area contributed by atoms with Gasteiger partial charge in [-0.3, -0.25) is 14.0 Å². The number of benzene rings is 2. The van der Waals surface area contributed by atoms with Gasteiger partial charge in [-0.2, -0.15) is 22.9 Å². The topological polar surface area (TPSA) is 149 Å². The van der Waals surface area contributed by atoms with E-state index < -0.39 is 16.2 Å². The highest BCUT2D eigenvalue weighted by Crippen LogP contribution is 2.34. The number of rotatable bonds is 6. The summed E-state index contributed by atoms with van der Waals surface area (Å²) in [6.45, 7) is 0.623. The Labute approximate surface area is 212 Å². The summed E-state index contributed by atoms with van der Waals surface area (Å²) in [7, 11) is -4.36. The molecule has 1 aliphatic rings. The Morgan fingerprint density at radius 1 is 1.14 bits per heavy atom. The van der Waals surface area contributed by atoms with Crippen molar-refractivity contribution in [3.8, 4) is 11.1 Å². The lowest BCUT2D eigenvalue weighted by molar-refractivity contribution is 0.0920. The third kappa shape index (κ3) is 4.24. The fourth-order valence-corrected chi connectivity index (χ4v) is 5.62. The van der Waals surface area contributed by atoms with Crippen LogP contribution in [-0.4, -0.2) is 60.5 Å². The minimum absolute atomic E-state index is 0.0742. The van der Waals surface area contributed by atoms with Gasteiger partial charge >= 0.3 is 10.3 Å². The molecule has 37 heavy (non-hydrogen) atoms. The molecule has 4 heterocycles. The van der Waals surface area contributed by atoms with Crippen molar-refractivity contribution in [1.29, 1.82) is 0 Å². The Balaban J connectivity index is 1.38. The van der Waals surface area contributed by atoms with E-state index in [1.54, 1.807) is 6.07 Å². The minimum Gasteiger partial charge on any atom is -0.382 e. The molecule has 2 aromatic carbocycles. The summed E-state index contributed by atoms with van der Waals surface area (Å²) in [5, 5.41) is 9.96. The van der Waals surface area contributed by atoms with Crippen molar-refractivity contribution in [2.24, 2.45) is 5.92 Å². The van der Waals surface area contributed by atoms with Crippen molar-refractivity contribution in [2.75, 3.05) is 18.8 Å². The van der Waals surface area contributed by atoms with Crippen LogP contribution in [0.15, 0.2) is 67.1 Å². The van der Waals surface area contributed by atoms with Crippen LogP contribution in [0.4, 0.5) is 5.82 Å². The second-order valence-corrected chi connectivity index (χ2v) is 10.5. The molecule has 1 fully saturated rings. The first-order chi connectivity index (χ1) is 17.8. The van der Waals surface area contributed by atoms with E-state index in [0.29, 0.717) is 24.0 Å². The fraction of sp³-hybridized carbons (Fsp3) is 0.200. The molecule has 0 amide bonds. The van der Waals surface area contributed by atoms with Gasteiger partial charge in [-0.05, 0) is 29.7 Å². The molecule has 3 aromatic heterocycles. The number of fused-ring (bicyclic) bond motifs is 2. The average Bonchev–Trinajstić information content (AvgIpc) is 3.61. The summed E-state index contributed by atoms with van der Waals surface area (Å²) in [4.78, 5) is 17.6. The Bertz CT molecular complexity index is 1760. The molecule has 11 nitrogen and oxygen atoms in total. The molecule has 0 radical (unpaired) electrons. The van der Waals surface area contributed by atoms with Crippen LogP contribution in [0.25, 0.3) is 27.5 Å². The van der Waals surface area contributed by atoms with E-state index in [1.807, 2.05) is 59.4 Å². The van der Waals surface area contributed by atoms with Crippen molar-refractivity contribution in [1.82, 2.24) is 28.7 Å². The maximum absolute atomic E-state index is 13.4. The molecule has 1 atom stereocenters. The SMILES string of the molecule is Nc1ncnn2c(C(=O)C3CCN(S(=O)(=O)O)C3)cc(-c3ccc4cn(Cc5ccccc5)nc4c3)c12. The highest BCUT2D eigenvalue weighted by Gasteiger charge is 2.36. The maximum Gasteiger partial charge on any atom is 0.335 e. The highest BCUT2D eigenvalue weighted by atomic mass is 32.2. The van der Waals surface area contributed by atoms with Crippen molar-refractivity contribution >= 4 is 38.3 Å². The highest BCUT2D eigenvalue weighted by molar-refractivity contribution is 7.83. The van der Waals surface area contributed by atoms with Gasteiger partial charge in [0.1, 0.15) is 17.5 Å². The van der Waals surface area contributed by atoms with Crippen LogP contribution in [0, 0.1) is 5.92 Å². The van der Waals surface area contributed by atoms with E-state index in [0.717, 1.165) is 26.3 Å². The van der Waals surface area contributed by atoms with E-state index in [1.165, 1.54) is 10.8 Å². The number of nitrogen functional groups attached to an aromatic ring is 1. The van der Waals surface area contributed by atoms with Crippen LogP contribution in [0.1, 0.15) is 22.5 Å². The number of carbonyl (C=O) groups is 1. The molecule has 0 bridgehead atoms. The third-order valence-electron chi connectivity index (χ3n) is 6.74. The number of nitrogens with two attached hydrogens (primary N) is 1. The second kappa shape index (κ2) is 8.76. The second-order valence-electron chi connectivity index (χ2n) is 9.12. The molecular weight excluding hydrogens is 494 g/mol.